The van der Waals surface area contributed by atoms with Crippen LogP contribution in [0, 0.1) is 5.92 Å². The van der Waals surface area contributed by atoms with Gasteiger partial charge in [0.05, 0.1) is 11.0 Å². The third kappa shape index (κ3) is 2.42. The minimum absolute atomic E-state index is 0.0314. The number of aliphatic hydroxyl groups excluding tert-OH is 1. The Kier molecular flexibility index (Phi) is 3.44. The lowest BCUT2D eigenvalue weighted by molar-refractivity contribution is 0.194. The zero-order chi connectivity index (χ0) is 15.2. The fourth-order valence-corrected chi connectivity index (χ4v) is 3.55. The van der Waals surface area contributed by atoms with Crippen LogP contribution in [0.2, 0.25) is 0 Å². The van der Waals surface area contributed by atoms with Crippen LogP contribution >= 0.6 is 0 Å². The maximum Gasteiger partial charge on any atom is 0.115 e. The quantitative estimate of drug-likeness (QED) is 0.833. The molecule has 4 nitrogen and oxygen atoms in total. The van der Waals surface area contributed by atoms with E-state index in [1.807, 2.05) is 12.1 Å². The van der Waals surface area contributed by atoms with Crippen molar-refractivity contribution < 1.29 is 5.11 Å². The number of hydrogen-bond donors (Lipinski definition) is 2. The Morgan fingerprint density at radius 1 is 1.33 bits per heavy atom. The van der Waals surface area contributed by atoms with E-state index in [0.717, 1.165) is 35.4 Å². The van der Waals surface area contributed by atoms with E-state index in [0.29, 0.717) is 12.0 Å². The standard InChI is InChI=1S/C17H25N3O/c1-17(2,3)16-19-13-9-12(18)7-8-15(13)20(16)14-6-4-5-11(14)10-21/h7-9,11,14,21H,4-6,10,18H2,1-3H3. The van der Waals surface area contributed by atoms with Gasteiger partial charge in [0.15, 0.2) is 0 Å². The van der Waals surface area contributed by atoms with Crippen molar-refractivity contribution in [2.75, 3.05) is 12.3 Å². The molecule has 1 aromatic carbocycles. The molecule has 2 atom stereocenters. The Labute approximate surface area is 126 Å². The number of nitrogen functional groups attached to an aromatic ring is 1. The number of hydrogen-bond acceptors (Lipinski definition) is 3. The van der Waals surface area contributed by atoms with Crippen molar-refractivity contribution in [3.63, 3.8) is 0 Å². The molecule has 2 unspecified atom stereocenters. The first kappa shape index (κ1) is 14.4. The summed E-state index contributed by atoms with van der Waals surface area (Å²) in [5.41, 5.74) is 8.73. The average Bonchev–Trinajstić information content (AvgIpc) is 2.99. The van der Waals surface area contributed by atoms with Crippen molar-refractivity contribution >= 4 is 16.7 Å². The molecule has 0 bridgehead atoms. The molecule has 1 fully saturated rings. The highest BCUT2D eigenvalue weighted by Gasteiger charge is 2.33. The first-order valence-electron chi connectivity index (χ1n) is 7.80. The Hall–Kier alpha value is -1.55. The third-order valence-electron chi connectivity index (χ3n) is 4.57. The molecule has 114 valence electrons. The number of aromatic nitrogens is 2. The van der Waals surface area contributed by atoms with Gasteiger partial charge >= 0.3 is 0 Å². The van der Waals surface area contributed by atoms with Crippen molar-refractivity contribution in [2.24, 2.45) is 5.92 Å². The van der Waals surface area contributed by atoms with Gasteiger partial charge in [-0.15, -0.1) is 0 Å². The molecule has 1 heterocycles. The fraction of sp³-hybridized carbons (Fsp3) is 0.588. The van der Waals surface area contributed by atoms with E-state index < -0.39 is 0 Å². The van der Waals surface area contributed by atoms with Crippen LogP contribution in [0.4, 0.5) is 5.69 Å². The van der Waals surface area contributed by atoms with Crippen LogP contribution < -0.4 is 5.73 Å². The van der Waals surface area contributed by atoms with Gasteiger partial charge in [0.25, 0.3) is 0 Å². The molecule has 3 N–H and O–H groups in total. The van der Waals surface area contributed by atoms with Crippen LogP contribution in [0.25, 0.3) is 11.0 Å². The molecule has 4 heteroatoms. The Morgan fingerprint density at radius 3 is 2.76 bits per heavy atom. The molecule has 2 aromatic rings. The largest absolute Gasteiger partial charge is 0.399 e. The Balaban J connectivity index is 2.23. The maximum atomic E-state index is 9.69. The SMILES string of the molecule is CC(C)(C)c1nc2cc(N)ccc2n1C1CCCC1CO. The lowest BCUT2D eigenvalue weighted by atomic mass is 9.94. The van der Waals surface area contributed by atoms with Crippen molar-refractivity contribution in [3.8, 4) is 0 Å². The number of aliphatic hydroxyl groups is 1. The first-order valence-corrected chi connectivity index (χ1v) is 7.80. The predicted molar refractivity (Wildman–Crippen MR) is 86.3 cm³/mol. The Morgan fingerprint density at radius 2 is 2.10 bits per heavy atom. The summed E-state index contributed by atoms with van der Waals surface area (Å²) in [7, 11) is 0. The molecule has 3 rings (SSSR count). The molecule has 21 heavy (non-hydrogen) atoms. The molecule has 1 aliphatic rings. The van der Waals surface area contributed by atoms with Gasteiger partial charge in [-0.25, -0.2) is 4.98 Å². The van der Waals surface area contributed by atoms with E-state index in [2.05, 4.69) is 31.4 Å². The lowest BCUT2D eigenvalue weighted by Crippen LogP contribution is -2.25. The normalized spacial score (nSPS) is 23.0. The molecule has 0 spiro atoms. The van der Waals surface area contributed by atoms with Gasteiger partial charge in [-0.2, -0.15) is 0 Å². The lowest BCUT2D eigenvalue weighted by Gasteiger charge is -2.27. The molecule has 0 radical (unpaired) electrons. The smallest absolute Gasteiger partial charge is 0.115 e. The minimum atomic E-state index is -0.0314. The van der Waals surface area contributed by atoms with Crippen molar-refractivity contribution in [3.05, 3.63) is 24.0 Å². The van der Waals surface area contributed by atoms with Crippen molar-refractivity contribution in [1.82, 2.24) is 9.55 Å². The summed E-state index contributed by atoms with van der Waals surface area (Å²) in [6.07, 6.45) is 3.39. The molecule has 0 aliphatic heterocycles. The summed E-state index contributed by atoms with van der Waals surface area (Å²) in [4.78, 5) is 4.86. The summed E-state index contributed by atoms with van der Waals surface area (Å²) in [5.74, 6) is 1.43. The second-order valence-corrected chi connectivity index (χ2v) is 7.24. The van der Waals surface area contributed by atoms with Crippen LogP contribution in [0.15, 0.2) is 18.2 Å². The van der Waals surface area contributed by atoms with Crippen LogP contribution in [0.1, 0.15) is 51.9 Å². The summed E-state index contributed by atoms with van der Waals surface area (Å²) < 4.78 is 2.36. The first-order chi connectivity index (χ1) is 9.91. The van der Waals surface area contributed by atoms with Gasteiger partial charge in [-0.3, -0.25) is 0 Å². The molecule has 1 saturated carbocycles. The number of nitrogens with two attached hydrogens (primary N) is 1. The van der Waals surface area contributed by atoms with Crippen LogP contribution in [-0.2, 0) is 5.41 Å². The van der Waals surface area contributed by atoms with Gasteiger partial charge < -0.3 is 15.4 Å². The highest BCUT2D eigenvalue weighted by atomic mass is 16.3. The minimum Gasteiger partial charge on any atom is -0.399 e. The van der Waals surface area contributed by atoms with E-state index in [1.54, 1.807) is 0 Å². The van der Waals surface area contributed by atoms with Crippen LogP contribution in [0.3, 0.4) is 0 Å². The second kappa shape index (κ2) is 5.02. The van der Waals surface area contributed by atoms with E-state index in [1.165, 1.54) is 6.42 Å². The number of anilines is 1. The maximum absolute atomic E-state index is 9.69. The molecular weight excluding hydrogens is 262 g/mol. The van der Waals surface area contributed by atoms with E-state index in [9.17, 15) is 5.11 Å². The van der Waals surface area contributed by atoms with Crippen LogP contribution in [-0.4, -0.2) is 21.3 Å². The highest BCUT2D eigenvalue weighted by molar-refractivity contribution is 5.80. The van der Waals surface area contributed by atoms with E-state index in [4.69, 9.17) is 10.7 Å². The molecular formula is C17H25N3O. The zero-order valence-corrected chi connectivity index (χ0v) is 13.1. The second-order valence-electron chi connectivity index (χ2n) is 7.24. The number of rotatable bonds is 2. The number of imidazole rings is 1. The average molecular weight is 287 g/mol. The summed E-state index contributed by atoms with van der Waals surface area (Å²) >= 11 is 0. The molecule has 0 amide bonds. The molecule has 0 saturated heterocycles. The van der Waals surface area contributed by atoms with Crippen LogP contribution in [0.5, 0.6) is 0 Å². The number of nitrogens with zero attached hydrogens (tertiary/aromatic N) is 2. The van der Waals surface area contributed by atoms with Gasteiger partial charge in [0.1, 0.15) is 5.82 Å². The summed E-state index contributed by atoms with van der Waals surface area (Å²) in [6, 6.07) is 6.30. The highest BCUT2D eigenvalue weighted by Crippen LogP contribution is 2.40. The van der Waals surface area contributed by atoms with Gasteiger partial charge in [0.2, 0.25) is 0 Å². The van der Waals surface area contributed by atoms with Gasteiger partial charge in [-0.1, -0.05) is 27.2 Å². The van der Waals surface area contributed by atoms with E-state index >= 15 is 0 Å². The monoisotopic (exact) mass is 287 g/mol. The predicted octanol–water partition coefficient (Wildman–Crippen LogP) is 3.25. The number of benzene rings is 1. The van der Waals surface area contributed by atoms with Crippen molar-refractivity contribution in [2.45, 2.75) is 51.5 Å². The molecule has 1 aliphatic carbocycles. The topological polar surface area (TPSA) is 64.1 Å². The Bertz CT molecular complexity index is 654. The number of fused-ring (bicyclic) bond motifs is 1. The fourth-order valence-electron chi connectivity index (χ4n) is 3.55. The van der Waals surface area contributed by atoms with Crippen molar-refractivity contribution in [1.29, 1.82) is 0 Å². The van der Waals surface area contributed by atoms with E-state index in [-0.39, 0.29) is 12.0 Å². The summed E-state index contributed by atoms with van der Waals surface area (Å²) in [5, 5.41) is 9.69. The zero-order valence-electron chi connectivity index (χ0n) is 13.1. The third-order valence-corrected chi connectivity index (χ3v) is 4.57. The summed E-state index contributed by atoms with van der Waals surface area (Å²) in [6.45, 7) is 6.83. The van der Waals surface area contributed by atoms with Gasteiger partial charge in [0, 0.05) is 29.7 Å². The van der Waals surface area contributed by atoms with Gasteiger partial charge in [-0.05, 0) is 31.0 Å². The molecule has 1 aromatic heterocycles.